The van der Waals surface area contributed by atoms with Gasteiger partial charge < -0.3 is 4.74 Å². The van der Waals surface area contributed by atoms with E-state index >= 15 is 0 Å². The molecule has 1 atom stereocenters. The smallest absolute Gasteiger partial charge is 0.140 e. The first-order valence-electron chi connectivity index (χ1n) is 5.94. The number of Topliss-reactive ketones (excluding diaryl/α,β-unsaturated/α-hetero) is 1. The third-order valence-corrected chi connectivity index (χ3v) is 3.65. The van der Waals surface area contributed by atoms with Crippen molar-refractivity contribution in [3.05, 3.63) is 16.4 Å². The number of halogens is 1. The number of rotatable bonds is 3. The molecule has 0 bridgehead atoms. The van der Waals surface area contributed by atoms with Gasteiger partial charge in [-0.25, -0.2) is 0 Å². The van der Waals surface area contributed by atoms with Crippen molar-refractivity contribution in [3.8, 4) is 0 Å². The maximum Gasteiger partial charge on any atom is 0.140 e. The first-order chi connectivity index (χ1) is 8.13. The van der Waals surface area contributed by atoms with Crippen LogP contribution in [0, 0.1) is 5.92 Å². The van der Waals surface area contributed by atoms with Crippen LogP contribution in [0.1, 0.15) is 24.7 Å². The van der Waals surface area contributed by atoms with Gasteiger partial charge in [0.25, 0.3) is 0 Å². The number of nitrogens with zero attached hydrogens (tertiary/aromatic N) is 2. The third-order valence-electron chi connectivity index (χ3n) is 3.21. The van der Waals surface area contributed by atoms with Gasteiger partial charge in [0.15, 0.2) is 0 Å². The number of hydrogen-bond acceptors (Lipinski definition) is 3. The average Bonchev–Trinajstić information content (AvgIpc) is 2.59. The highest BCUT2D eigenvalue weighted by atomic mass is 35.5. The summed E-state index contributed by atoms with van der Waals surface area (Å²) in [5.74, 6) is 0.202. The van der Waals surface area contributed by atoms with Gasteiger partial charge in [-0.1, -0.05) is 18.5 Å². The van der Waals surface area contributed by atoms with E-state index in [1.54, 1.807) is 4.68 Å². The minimum absolute atomic E-state index is 0.0682. The molecule has 5 heteroatoms. The molecule has 0 radical (unpaired) electrons. The molecule has 1 unspecified atom stereocenters. The molecule has 1 aliphatic heterocycles. The fourth-order valence-electron chi connectivity index (χ4n) is 2.14. The molecule has 0 aromatic carbocycles. The Kier molecular flexibility index (Phi) is 3.84. The Balaban J connectivity index is 2.17. The number of aromatic nitrogens is 2. The zero-order chi connectivity index (χ0) is 12.4. The van der Waals surface area contributed by atoms with Crippen molar-refractivity contribution >= 4 is 17.4 Å². The summed E-state index contributed by atoms with van der Waals surface area (Å²) in [5, 5.41) is 5.05. The summed E-state index contributed by atoms with van der Waals surface area (Å²) >= 11 is 6.26. The summed E-state index contributed by atoms with van der Waals surface area (Å²) in [6.07, 6.45) is 1.95. The quantitative estimate of drug-likeness (QED) is 0.828. The molecule has 0 amide bonds. The van der Waals surface area contributed by atoms with Crippen LogP contribution in [0.15, 0.2) is 0 Å². The Hall–Kier alpha value is -0.870. The number of carbonyl (C=O) groups excluding carboxylic acids is 1. The molecule has 1 aliphatic rings. The van der Waals surface area contributed by atoms with Crippen molar-refractivity contribution in [1.29, 1.82) is 0 Å². The first-order valence-corrected chi connectivity index (χ1v) is 6.32. The molecule has 94 valence electrons. The van der Waals surface area contributed by atoms with Gasteiger partial charge in [-0.3, -0.25) is 9.48 Å². The van der Waals surface area contributed by atoms with Crippen molar-refractivity contribution in [3.63, 3.8) is 0 Å². The molecule has 1 aromatic heterocycles. The van der Waals surface area contributed by atoms with E-state index in [0.717, 1.165) is 17.8 Å². The minimum Gasteiger partial charge on any atom is -0.380 e. The highest BCUT2D eigenvalue weighted by Gasteiger charge is 2.26. The molecule has 0 spiro atoms. The van der Waals surface area contributed by atoms with Crippen molar-refractivity contribution in [2.45, 2.75) is 26.2 Å². The predicted octanol–water partition coefficient (Wildman–Crippen LogP) is 1.78. The normalized spacial score (nSPS) is 20.9. The van der Waals surface area contributed by atoms with E-state index in [-0.39, 0.29) is 11.7 Å². The Morgan fingerprint density at radius 2 is 2.35 bits per heavy atom. The van der Waals surface area contributed by atoms with Gasteiger partial charge in [0.2, 0.25) is 0 Å². The standard InChI is InChI=1S/C12H17ClN2O2/c1-3-9-12(13)10(15(2)14-9)6-8-7-17-5-4-11(8)16/h8H,3-7H2,1-2H3. The summed E-state index contributed by atoms with van der Waals surface area (Å²) < 4.78 is 7.12. The SMILES string of the molecule is CCc1nn(C)c(CC2COCCC2=O)c1Cl. The summed E-state index contributed by atoms with van der Waals surface area (Å²) in [6.45, 7) is 3.07. The lowest BCUT2D eigenvalue weighted by Crippen LogP contribution is -2.29. The number of ether oxygens (including phenoxy) is 1. The van der Waals surface area contributed by atoms with Crippen LogP contribution in [0.25, 0.3) is 0 Å². The van der Waals surface area contributed by atoms with Gasteiger partial charge in [-0.15, -0.1) is 0 Å². The van der Waals surface area contributed by atoms with Gasteiger partial charge >= 0.3 is 0 Å². The maximum atomic E-state index is 11.7. The number of carbonyl (C=O) groups is 1. The Bertz CT molecular complexity index is 428. The largest absolute Gasteiger partial charge is 0.380 e. The van der Waals surface area contributed by atoms with E-state index in [1.165, 1.54) is 0 Å². The third kappa shape index (κ3) is 2.53. The van der Waals surface area contributed by atoms with Crippen LogP contribution in [-0.4, -0.2) is 28.8 Å². The summed E-state index contributed by atoms with van der Waals surface area (Å²) in [6, 6.07) is 0. The van der Waals surface area contributed by atoms with Crippen molar-refractivity contribution < 1.29 is 9.53 Å². The lowest BCUT2D eigenvalue weighted by molar-refractivity contribution is -0.130. The highest BCUT2D eigenvalue weighted by Crippen LogP contribution is 2.25. The molecule has 0 aliphatic carbocycles. The molecule has 17 heavy (non-hydrogen) atoms. The van der Waals surface area contributed by atoms with Gasteiger partial charge in [0.1, 0.15) is 5.78 Å². The second-order valence-electron chi connectivity index (χ2n) is 4.38. The number of ketones is 1. The topological polar surface area (TPSA) is 44.1 Å². The van der Waals surface area contributed by atoms with Crippen LogP contribution >= 0.6 is 11.6 Å². The molecule has 1 saturated heterocycles. The molecule has 0 N–H and O–H groups in total. The molecule has 1 aromatic rings. The zero-order valence-corrected chi connectivity index (χ0v) is 11.0. The fourth-order valence-corrected chi connectivity index (χ4v) is 2.51. The van der Waals surface area contributed by atoms with E-state index < -0.39 is 0 Å². The zero-order valence-electron chi connectivity index (χ0n) is 10.2. The van der Waals surface area contributed by atoms with Crippen molar-refractivity contribution in [2.24, 2.45) is 13.0 Å². The van der Waals surface area contributed by atoms with Crippen LogP contribution in [0.4, 0.5) is 0 Å². The Labute approximate surface area is 106 Å². The van der Waals surface area contributed by atoms with E-state index in [0.29, 0.717) is 31.1 Å². The highest BCUT2D eigenvalue weighted by molar-refractivity contribution is 6.31. The summed E-state index contributed by atoms with van der Waals surface area (Å²) in [7, 11) is 1.87. The van der Waals surface area contributed by atoms with Gasteiger partial charge in [0, 0.05) is 25.8 Å². The van der Waals surface area contributed by atoms with E-state index in [1.807, 2.05) is 14.0 Å². The van der Waals surface area contributed by atoms with Crippen LogP contribution in [0.5, 0.6) is 0 Å². The Morgan fingerprint density at radius 1 is 1.59 bits per heavy atom. The molecule has 0 saturated carbocycles. The molecular formula is C12H17ClN2O2. The molecule has 1 fully saturated rings. The van der Waals surface area contributed by atoms with Crippen LogP contribution in [-0.2, 0) is 29.4 Å². The van der Waals surface area contributed by atoms with Gasteiger partial charge in [-0.05, 0) is 6.42 Å². The Morgan fingerprint density at radius 3 is 2.94 bits per heavy atom. The monoisotopic (exact) mass is 256 g/mol. The summed E-state index contributed by atoms with van der Waals surface area (Å²) in [5.41, 5.74) is 1.83. The number of aryl methyl sites for hydroxylation is 2. The molecule has 4 nitrogen and oxygen atoms in total. The van der Waals surface area contributed by atoms with E-state index in [2.05, 4.69) is 5.10 Å². The lowest BCUT2D eigenvalue weighted by Gasteiger charge is -2.20. The van der Waals surface area contributed by atoms with Crippen LogP contribution < -0.4 is 0 Å². The molecule has 2 rings (SSSR count). The predicted molar refractivity (Wildman–Crippen MR) is 65.2 cm³/mol. The summed E-state index contributed by atoms with van der Waals surface area (Å²) in [4.78, 5) is 11.7. The van der Waals surface area contributed by atoms with Gasteiger partial charge in [0.05, 0.1) is 29.6 Å². The van der Waals surface area contributed by atoms with Gasteiger partial charge in [-0.2, -0.15) is 5.10 Å². The van der Waals surface area contributed by atoms with Crippen molar-refractivity contribution in [2.75, 3.05) is 13.2 Å². The lowest BCUT2D eigenvalue weighted by atomic mass is 9.95. The second kappa shape index (κ2) is 5.19. The first kappa shape index (κ1) is 12.6. The van der Waals surface area contributed by atoms with Crippen LogP contribution in [0.3, 0.4) is 0 Å². The van der Waals surface area contributed by atoms with E-state index in [9.17, 15) is 4.79 Å². The number of hydrogen-bond donors (Lipinski definition) is 0. The average molecular weight is 257 g/mol. The van der Waals surface area contributed by atoms with Crippen LogP contribution in [0.2, 0.25) is 5.02 Å². The van der Waals surface area contributed by atoms with E-state index in [4.69, 9.17) is 16.3 Å². The molecular weight excluding hydrogens is 240 g/mol. The second-order valence-corrected chi connectivity index (χ2v) is 4.75. The van der Waals surface area contributed by atoms with Crippen molar-refractivity contribution in [1.82, 2.24) is 9.78 Å². The maximum absolute atomic E-state index is 11.7. The fraction of sp³-hybridized carbons (Fsp3) is 0.667. The minimum atomic E-state index is -0.0682. The molecule has 2 heterocycles.